The second kappa shape index (κ2) is 44.3. The van der Waals surface area contributed by atoms with Crippen molar-refractivity contribution in [3.63, 3.8) is 0 Å². The third-order valence-corrected chi connectivity index (χ3v) is 26.9. The van der Waals surface area contributed by atoms with Gasteiger partial charge in [0.25, 0.3) is 0 Å². The van der Waals surface area contributed by atoms with Crippen LogP contribution in [0.4, 0.5) is 64.1 Å². The van der Waals surface area contributed by atoms with Crippen LogP contribution < -0.4 is 63.8 Å². The molecular formula is C96H132F4N24O9. The number of amides is 4. The van der Waals surface area contributed by atoms with E-state index in [0.717, 1.165) is 73.6 Å². The molecular weight excluding hydrogens is 1710 g/mol. The van der Waals surface area contributed by atoms with Gasteiger partial charge in [-0.15, -0.1) is 0 Å². The standard InChI is InChI=1S/C24H33FN6O3.3C24H33FN6O2/c1-16-2-4-17(5-3-16)10-31(18-6-7-18)23-21(25)22(28-15-29-23)27-13-24(14-32)8-9-30(11-19(24)33)12-20(26)34;2*1-16-3-5-17(6-4-16)12-31(19-7-8-19)23-21(25)22(28-15-29-23)27-11-18-9-10-30(13-20(26)32)14-24(18,2)33;1-16-3-5-17(6-4-16)11-31(18-7-8-18)23-21(25)22(28-15-29-23)27-14-24(2)9-10-30(12-19(24)32)13-20(26)33/h2-5,15,18-19,32-33H,6-14H2,1H3,(H2,26,34)(H,27,28,29);2*3-6,15,18-19,33H,7-14H2,1-2H3,(H2,26,32)(H,27,28,29);3-6,15,18-19,32H,7-14H2,1-2H3,(H2,26,33)(H,27,28,29)/t;18-,24+;18-,24-;/m.10./s1. The summed E-state index contributed by atoms with van der Waals surface area (Å²) in [5.74, 6) is -2.28. The number of carbonyl (C=O) groups is 4. The molecule has 8 aromatic rings. The summed E-state index contributed by atoms with van der Waals surface area (Å²) in [6.45, 7) is 20.9. The molecule has 8 aliphatic rings. The van der Waals surface area contributed by atoms with Crippen molar-refractivity contribution in [3.8, 4) is 0 Å². The van der Waals surface area contributed by atoms with E-state index in [1.165, 1.54) is 47.6 Å². The Balaban J connectivity index is 0.000000151. The second-order valence-electron chi connectivity index (χ2n) is 38.4. The molecule has 0 radical (unpaired) electrons. The van der Waals surface area contributed by atoms with E-state index in [1.54, 1.807) is 18.7 Å². The number of rotatable bonds is 37. The number of halogens is 4. The third-order valence-electron chi connectivity index (χ3n) is 26.9. The largest absolute Gasteiger partial charge is 0.396 e. The molecule has 4 saturated carbocycles. The number of aliphatic hydroxyl groups is 5. The van der Waals surface area contributed by atoms with Gasteiger partial charge in [-0.2, -0.15) is 17.6 Å². The van der Waals surface area contributed by atoms with E-state index < -0.39 is 81.1 Å². The quantitative estimate of drug-likeness (QED) is 0.0171. The number of aromatic nitrogens is 8. The minimum atomic E-state index is -1.03. The molecule has 4 aromatic carbocycles. The Bertz CT molecular complexity index is 5060. The number of anilines is 8. The summed E-state index contributed by atoms with van der Waals surface area (Å²) < 4.78 is 62.0. The number of nitrogens with zero attached hydrogens (tertiary/aromatic N) is 16. The molecule has 4 aromatic heterocycles. The molecule has 16 rings (SSSR count). The molecule has 37 heteroatoms. The van der Waals surface area contributed by atoms with E-state index >= 15 is 17.6 Å². The Morgan fingerprint density at radius 2 is 0.669 bits per heavy atom. The van der Waals surface area contributed by atoms with Crippen molar-refractivity contribution in [2.24, 2.45) is 45.6 Å². The molecule has 8 heterocycles. The lowest BCUT2D eigenvalue weighted by Crippen LogP contribution is -2.56. The predicted octanol–water partition coefficient (Wildman–Crippen LogP) is 7.23. The Labute approximate surface area is 775 Å². The van der Waals surface area contributed by atoms with E-state index in [4.69, 9.17) is 22.9 Å². The van der Waals surface area contributed by atoms with E-state index in [9.17, 15) is 44.7 Å². The number of hydrogen-bond acceptors (Lipinski definition) is 29. The SMILES string of the molecule is Cc1ccc(CN(c2ncnc(NCC3(C)CCN(CC(N)=O)CC3O)c2F)C2CC2)cc1.Cc1ccc(CN(c2ncnc(NCC3(CO)CCN(CC(N)=O)CC3O)c2F)C2CC2)cc1.Cc1ccc(CN(c2ncnc(NC[C@@H]3CCN(CC(N)=O)C[C@]3(C)O)c2F)C2CC2)cc1.Cc1ccc(CN(c2ncnc(NC[C@H]3CCN(CC(N)=O)C[C@]3(C)O)c2F)C2CC2)cc1. The van der Waals surface area contributed by atoms with Crippen molar-refractivity contribution in [1.29, 1.82) is 0 Å². The summed E-state index contributed by atoms with van der Waals surface area (Å²) in [5.41, 5.74) is 26.8. The van der Waals surface area contributed by atoms with Gasteiger partial charge in [0.1, 0.15) is 25.3 Å². The fraction of sp³-hybridized carbons (Fsp3) is 0.542. The highest BCUT2D eigenvalue weighted by Crippen LogP contribution is 2.42. The zero-order valence-corrected chi connectivity index (χ0v) is 77.3. The van der Waals surface area contributed by atoms with Crippen molar-refractivity contribution in [2.45, 2.75) is 199 Å². The summed E-state index contributed by atoms with van der Waals surface area (Å²) in [7, 11) is 0. The third kappa shape index (κ3) is 27.3. The van der Waals surface area contributed by atoms with Crippen LogP contribution in [0.15, 0.2) is 122 Å². The highest BCUT2D eigenvalue weighted by Gasteiger charge is 2.46. The topological polar surface area (TPSA) is 451 Å². The van der Waals surface area contributed by atoms with Crippen LogP contribution in [0.1, 0.15) is 142 Å². The number of aryl methyl sites for hydroxylation is 4. The smallest absolute Gasteiger partial charge is 0.231 e. The molecule has 4 unspecified atom stereocenters. The molecule has 33 nitrogen and oxygen atoms in total. The molecule has 17 N–H and O–H groups in total. The van der Waals surface area contributed by atoms with Crippen LogP contribution >= 0.6 is 0 Å². The van der Waals surface area contributed by atoms with Gasteiger partial charge < -0.3 is 89.3 Å². The first-order valence-electron chi connectivity index (χ1n) is 46.2. The molecule has 4 saturated heterocycles. The van der Waals surface area contributed by atoms with Crippen molar-refractivity contribution >= 4 is 70.2 Å². The van der Waals surface area contributed by atoms with Gasteiger partial charge in [-0.25, -0.2) is 39.9 Å². The molecule has 4 aliphatic heterocycles. The Hall–Kier alpha value is -11.2. The van der Waals surface area contributed by atoms with Crippen LogP contribution in [0.25, 0.3) is 0 Å². The number of hydrogen-bond donors (Lipinski definition) is 13. The molecule has 8 fully saturated rings. The van der Waals surface area contributed by atoms with Gasteiger partial charge >= 0.3 is 0 Å². The molecule has 133 heavy (non-hydrogen) atoms. The number of nitrogens with one attached hydrogen (secondary N) is 4. The maximum Gasteiger partial charge on any atom is 0.231 e. The van der Waals surface area contributed by atoms with Gasteiger partial charge in [-0.1, -0.05) is 126 Å². The molecule has 4 amide bonds. The number of likely N-dealkylation sites (tertiary alicyclic amines) is 4. The number of piperidine rings is 4. The average Bonchev–Trinajstić information content (AvgIpc) is 1.59. The lowest BCUT2D eigenvalue weighted by molar-refractivity contribution is -0.123. The van der Waals surface area contributed by atoms with Crippen LogP contribution in [0.5, 0.6) is 0 Å². The summed E-state index contributed by atoms with van der Waals surface area (Å²) in [6, 6.07) is 34.0. The van der Waals surface area contributed by atoms with E-state index in [-0.39, 0.29) is 111 Å². The normalized spacial score (nSPS) is 23.2. The summed E-state index contributed by atoms with van der Waals surface area (Å²) in [6.07, 6.45) is 14.4. The van der Waals surface area contributed by atoms with Crippen molar-refractivity contribution in [1.82, 2.24) is 59.5 Å². The zero-order chi connectivity index (χ0) is 95.1. The second-order valence-corrected chi connectivity index (χ2v) is 38.4. The summed E-state index contributed by atoms with van der Waals surface area (Å²) in [5, 5.41) is 65.6. The number of primary amides is 4. The van der Waals surface area contributed by atoms with E-state index in [1.807, 2.05) is 93.2 Å². The Morgan fingerprint density at radius 1 is 0.391 bits per heavy atom. The van der Waals surface area contributed by atoms with Crippen LogP contribution in [-0.2, 0) is 45.4 Å². The van der Waals surface area contributed by atoms with Gasteiger partial charge in [0.05, 0.1) is 56.2 Å². The number of nitrogens with two attached hydrogens (primary N) is 4. The molecule has 4 aliphatic carbocycles. The fourth-order valence-electron chi connectivity index (χ4n) is 17.9. The molecule has 0 bridgehead atoms. The van der Waals surface area contributed by atoms with Gasteiger partial charge in [0, 0.05) is 125 Å². The van der Waals surface area contributed by atoms with Gasteiger partial charge in [-0.05, 0) is 167 Å². The van der Waals surface area contributed by atoms with Crippen LogP contribution in [0.2, 0.25) is 0 Å². The monoisotopic (exact) mass is 1840 g/mol. The summed E-state index contributed by atoms with van der Waals surface area (Å²) >= 11 is 0. The molecule has 0 spiro atoms. The Kier molecular flexibility index (Phi) is 33.1. The first-order chi connectivity index (χ1) is 63.5. The van der Waals surface area contributed by atoms with Gasteiger partial charge in [-0.3, -0.25) is 38.8 Å². The molecule has 8 atom stereocenters. The predicted molar refractivity (Wildman–Crippen MR) is 502 cm³/mol. The minimum Gasteiger partial charge on any atom is -0.396 e. The van der Waals surface area contributed by atoms with Crippen LogP contribution in [0.3, 0.4) is 0 Å². The first kappa shape index (κ1) is 99.3. The Morgan fingerprint density at radius 3 is 0.940 bits per heavy atom. The highest BCUT2D eigenvalue weighted by molar-refractivity contribution is 5.77. The van der Waals surface area contributed by atoms with Crippen LogP contribution in [0, 0.1) is 73.6 Å². The van der Waals surface area contributed by atoms with Crippen molar-refractivity contribution in [3.05, 3.63) is 190 Å². The van der Waals surface area contributed by atoms with Crippen molar-refractivity contribution in [2.75, 3.05) is 152 Å². The fourth-order valence-corrected chi connectivity index (χ4v) is 17.9. The number of benzene rings is 4. The van der Waals surface area contributed by atoms with Crippen molar-refractivity contribution < 1.29 is 62.3 Å². The van der Waals surface area contributed by atoms with E-state index in [0.29, 0.717) is 135 Å². The minimum absolute atomic E-state index is 0.0409. The van der Waals surface area contributed by atoms with Gasteiger partial charge in [0.15, 0.2) is 46.5 Å². The zero-order valence-electron chi connectivity index (χ0n) is 77.3. The highest BCUT2D eigenvalue weighted by atomic mass is 19.1. The number of aliphatic hydroxyl groups excluding tert-OH is 3. The first-order valence-corrected chi connectivity index (χ1v) is 46.2. The molecule has 718 valence electrons. The average molecular weight is 1840 g/mol. The maximum atomic E-state index is 15.5. The number of β-amino-alcohol motifs (C(OH)–C–C–N with tert-alkyl or cyclic N) is 4. The number of carbonyl (C=O) groups excluding carboxylic acids is 4. The van der Waals surface area contributed by atoms with Gasteiger partial charge in [0.2, 0.25) is 46.9 Å². The summed E-state index contributed by atoms with van der Waals surface area (Å²) in [4.78, 5) is 93.7. The van der Waals surface area contributed by atoms with E-state index in [2.05, 4.69) is 134 Å². The lowest BCUT2D eigenvalue weighted by Gasteiger charge is -2.44. The maximum absolute atomic E-state index is 15.5. The lowest BCUT2D eigenvalue weighted by atomic mass is 9.76. The van der Waals surface area contributed by atoms with Crippen LogP contribution in [-0.4, -0.2) is 268 Å².